The number of hydrogen-bond donors (Lipinski definition) is 1. The van der Waals surface area contributed by atoms with Crippen LogP contribution in [0.2, 0.25) is 0 Å². The largest absolute Gasteiger partial charge is 0.507 e. The van der Waals surface area contributed by atoms with Gasteiger partial charge in [0.25, 0.3) is 0 Å². The van der Waals surface area contributed by atoms with Crippen molar-refractivity contribution >= 4 is 0 Å². The molecule has 0 saturated heterocycles. The molecule has 0 spiro atoms. The molecule has 1 N–H and O–H groups in total. The van der Waals surface area contributed by atoms with Crippen LogP contribution in [-0.2, 0) is 0 Å². The van der Waals surface area contributed by atoms with Crippen molar-refractivity contribution in [2.75, 3.05) is 7.11 Å². The fourth-order valence-corrected chi connectivity index (χ4v) is 1.79. The van der Waals surface area contributed by atoms with Crippen molar-refractivity contribution < 1.29 is 14.2 Å². The van der Waals surface area contributed by atoms with Gasteiger partial charge >= 0.3 is 0 Å². The molecule has 0 aromatic heterocycles. The Morgan fingerprint density at radius 3 is 2.53 bits per heavy atom. The molecule has 2 rings (SSSR count). The topological polar surface area (TPSA) is 29.5 Å². The monoisotopic (exact) mass is 232 g/mol. The zero-order valence-corrected chi connectivity index (χ0v) is 9.70. The van der Waals surface area contributed by atoms with Gasteiger partial charge < -0.3 is 9.84 Å². The minimum absolute atomic E-state index is 0.0657. The van der Waals surface area contributed by atoms with Gasteiger partial charge in [0.2, 0.25) is 0 Å². The molecule has 0 heterocycles. The van der Waals surface area contributed by atoms with Gasteiger partial charge in [0.15, 0.2) is 0 Å². The molecule has 0 radical (unpaired) electrons. The number of halogens is 1. The average Bonchev–Trinajstić information content (AvgIpc) is 2.32. The molecule has 0 aliphatic heterocycles. The molecule has 88 valence electrons. The van der Waals surface area contributed by atoms with Gasteiger partial charge in [-0.05, 0) is 48.4 Å². The molecular formula is C14H13FO2. The van der Waals surface area contributed by atoms with Gasteiger partial charge in [-0.25, -0.2) is 4.39 Å². The summed E-state index contributed by atoms with van der Waals surface area (Å²) in [6, 6.07) is 9.35. The Morgan fingerprint density at radius 1 is 1.12 bits per heavy atom. The molecule has 3 heteroatoms. The molecule has 0 bridgehead atoms. The Kier molecular flexibility index (Phi) is 3.00. The van der Waals surface area contributed by atoms with E-state index >= 15 is 0 Å². The predicted octanol–water partition coefficient (Wildman–Crippen LogP) is 3.52. The quantitative estimate of drug-likeness (QED) is 0.858. The summed E-state index contributed by atoms with van der Waals surface area (Å²) in [5, 5.41) is 9.71. The summed E-state index contributed by atoms with van der Waals surface area (Å²) < 4.78 is 18.3. The first-order chi connectivity index (χ1) is 8.11. The summed E-state index contributed by atoms with van der Waals surface area (Å²) in [5.41, 5.74) is 2.18. The minimum Gasteiger partial charge on any atom is -0.507 e. The smallest absolute Gasteiger partial charge is 0.124 e. The highest BCUT2D eigenvalue weighted by atomic mass is 19.1. The van der Waals surface area contributed by atoms with E-state index in [9.17, 15) is 9.50 Å². The number of aryl methyl sites for hydroxylation is 1. The lowest BCUT2D eigenvalue weighted by molar-refractivity contribution is 0.411. The highest BCUT2D eigenvalue weighted by molar-refractivity contribution is 5.71. The summed E-state index contributed by atoms with van der Waals surface area (Å²) in [6.07, 6.45) is 0. The van der Waals surface area contributed by atoms with Crippen LogP contribution in [0.25, 0.3) is 11.1 Å². The lowest BCUT2D eigenvalue weighted by atomic mass is 10.0. The van der Waals surface area contributed by atoms with Crippen LogP contribution in [0.3, 0.4) is 0 Å². The third-order valence-electron chi connectivity index (χ3n) is 2.66. The number of hydrogen-bond acceptors (Lipinski definition) is 2. The maximum atomic E-state index is 13.1. The Balaban J connectivity index is 2.53. The molecule has 0 aliphatic carbocycles. The van der Waals surface area contributed by atoms with Crippen molar-refractivity contribution in [2.24, 2.45) is 0 Å². The zero-order chi connectivity index (χ0) is 12.4. The number of phenolic OH excluding ortho intramolecular Hbond substituents is 1. The molecule has 2 nitrogen and oxygen atoms in total. The lowest BCUT2D eigenvalue weighted by Crippen LogP contribution is -1.88. The third kappa shape index (κ3) is 2.23. The van der Waals surface area contributed by atoms with Crippen molar-refractivity contribution in [2.45, 2.75) is 6.92 Å². The van der Waals surface area contributed by atoms with Crippen molar-refractivity contribution in [1.29, 1.82) is 0 Å². The van der Waals surface area contributed by atoms with Crippen LogP contribution in [-0.4, -0.2) is 12.2 Å². The van der Waals surface area contributed by atoms with E-state index < -0.39 is 0 Å². The summed E-state index contributed by atoms with van der Waals surface area (Å²) in [6.45, 7) is 1.90. The summed E-state index contributed by atoms with van der Waals surface area (Å²) in [7, 11) is 1.60. The van der Waals surface area contributed by atoms with E-state index in [1.807, 2.05) is 13.0 Å². The Hall–Kier alpha value is -2.03. The highest BCUT2D eigenvalue weighted by Gasteiger charge is 2.07. The first kappa shape index (κ1) is 11.5. The molecule has 2 aromatic rings. The molecule has 0 aliphatic rings. The van der Waals surface area contributed by atoms with Gasteiger partial charge in [-0.3, -0.25) is 0 Å². The second-order valence-corrected chi connectivity index (χ2v) is 3.85. The Labute approximate surface area is 99.3 Å². The first-order valence-corrected chi connectivity index (χ1v) is 5.25. The van der Waals surface area contributed by atoms with Crippen LogP contribution in [0.5, 0.6) is 11.5 Å². The third-order valence-corrected chi connectivity index (χ3v) is 2.66. The predicted molar refractivity (Wildman–Crippen MR) is 64.8 cm³/mol. The van der Waals surface area contributed by atoms with E-state index in [4.69, 9.17) is 4.74 Å². The van der Waals surface area contributed by atoms with Crippen molar-refractivity contribution in [3.63, 3.8) is 0 Å². The van der Waals surface area contributed by atoms with Crippen LogP contribution < -0.4 is 4.74 Å². The summed E-state index contributed by atoms with van der Waals surface area (Å²) in [4.78, 5) is 0. The fourth-order valence-electron chi connectivity index (χ4n) is 1.79. The van der Waals surface area contributed by atoms with E-state index in [0.717, 1.165) is 16.9 Å². The average molecular weight is 232 g/mol. The zero-order valence-electron chi connectivity index (χ0n) is 9.70. The van der Waals surface area contributed by atoms with E-state index in [-0.39, 0.29) is 11.6 Å². The van der Waals surface area contributed by atoms with E-state index in [1.54, 1.807) is 19.2 Å². The Morgan fingerprint density at radius 2 is 1.88 bits per heavy atom. The van der Waals surface area contributed by atoms with Gasteiger partial charge in [-0.2, -0.15) is 0 Å². The van der Waals surface area contributed by atoms with Crippen molar-refractivity contribution in [3.05, 3.63) is 47.8 Å². The maximum Gasteiger partial charge on any atom is 0.124 e. The van der Waals surface area contributed by atoms with Gasteiger partial charge in [-0.15, -0.1) is 0 Å². The highest BCUT2D eigenvalue weighted by Crippen LogP contribution is 2.32. The van der Waals surface area contributed by atoms with Crippen molar-refractivity contribution in [1.82, 2.24) is 0 Å². The lowest BCUT2D eigenvalue weighted by Gasteiger charge is -2.09. The number of phenols is 1. The Bertz CT molecular complexity index is 550. The van der Waals surface area contributed by atoms with Crippen LogP contribution in [0.1, 0.15) is 5.56 Å². The fraction of sp³-hybridized carbons (Fsp3) is 0.143. The van der Waals surface area contributed by atoms with E-state index in [1.165, 1.54) is 18.2 Å². The number of methoxy groups -OCH3 is 1. The molecule has 0 atom stereocenters. The van der Waals surface area contributed by atoms with Crippen LogP contribution in [0.4, 0.5) is 4.39 Å². The summed E-state index contributed by atoms with van der Waals surface area (Å²) >= 11 is 0. The second-order valence-electron chi connectivity index (χ2n) is 3.85. The number of rotatable bonds is 2. The van der Waals surface area contributed by atoms with Crippen LogP contribution in [0.15, 0.2) is 36.4 Å². The van der Waals surface area contributed by atoms with Gasteiger partial charge in [-0.1, -0.05) is 6.07 Å². The molecule has 2 aromatic carbocycles. The van der Waals surface area contributed by atoms with Gasteiger partial charge in [0.05, 0.1) is 7.11 Å². The standard InChI is InChI=1S/C14H13FO2/c1-9-7-10(3-6-14(9)17-2)12-8-11(15)4-5-13(12)16/h3-8,16H,1-2H3. The first-order valence-electron chi connectivity index (χ1n) is 5.25. The SMILES string of the molecule is COc1ccc(-c2cc(F)ccc2O)cc1C. The normalized spacial score (nSPS) is 10.3. The van der Waals surface area contributed by atoms with Crippen LogP contribution >= 0.6 is 0 Å². The molecular weight excluding hydrogens is 219 g/mol. The summed E-state index contributed by atoms with van der Waals surface area (Å²) in [5.74, 6) is 0.465. The van der Waals surface area contributed by atoms with Gasteiger partial charge in [0, 0.05) is 5.56 Å². The molecule has 0 amide bonds. The minimum atomic E-state index is -0.369. The number of ether oxygens (including phenoxy) is 1. The number of benzene rings is 2. The molecule has 17 heavy (non-hydrogen) atoms. The van der Waals surface area contributed by atoms with E-state index in [2.05, 4.69) is 0 Å². The molecule has 0 fully saturated rings. The van der Waals surface area contributed by atoms with Crippen LogP contribution in [0, 0.1) is 12.7 Å². The van der Waals surface area contributed by atoms with Gasteiger partial charge in [0.1, 0.15) is 17.3 Å². The molecule has 0 unspecified atom stereocenters. The number of aromatic hydroxyl groups is 1. The maximum absolute atomic E-state index is 13.1. The van der Waals surface area contributed by atoms with Crippen molar-refractivity contribution in [3.8, 4) is 22.6 Å². The second kappa shape index (κ2) is 4.45. The molecule has 0 saturated carbocycles. The van der Waals surface area contributed by atoms with E-state index in [0.29, 0.717) is 5.56 Å².